The van der Waals surface area contributed by atoms with Crippen molar-refractivity contribution in [3.63, 3.8) is 0 Å². The number of nitrogens with one attached hydrogen (secondary N) is 3. The van der Waals surface area contributed by atoms with Crippen LogP contribution in [0.3, 0.4) is 0 Å². The number of para-hydroxylation sites is 1. The minimum Gasteiger partial charge on any atom is -0.507 e. The zero-order valence-corrected chi connectivity index (χ0v) is 46.2. The highest BCUT2D eigenvalue weighted by molar-refractivity contribution is 6.06. The summed E-state index contributed by atoms with van der Waals surface area (Å²) in [6.07, 6.45) is 5.99. The molecule has 4 amide bonds. The van der Waals surface area contributed by atoms with Crippen LogP contribution < -0.4 is 30.5 Å². The van der Waals surface area contributed by atoms with Crippen LogP contribution in [0.4, 0.5) is 32.5 Å². The van der Waals surface area contributed by atoms with Crippen LogP contribution in [0.1, 0.15) is 91.5 Å². The van der Waals surface area contributed by atoms with Gasteiger partial charge in [-0.25, -0.2) is 14.6 Å². The Morgan fingerprint density at radius 1 is 0.897 bits per heavy atom. The number of piperazine rings is 2. The first kappa shape index (κ1) is 56.9. The van der Waals surface area contributed by atoms with Gasteiger partial charge in [0.15, 0.2) is 5.82 Å². The molecule has 3 saturated heterocycles. The third kappa shape index (κ3) is 14.3. The van der Waals surface area contributed by atoms with Gasteiger partial charge in [0.05, 0.1) is 18.0 Å². The minimum absolute atomic E-state index is 0.0504. The molecule has 2 unspecified atom stereocenters. The smallest absolute Gasteiger partial charge is 0.413 e. The number of rotatable bonds is 21. The number of amides is 4. The monoisotopic (exact) mass is 1080 g/mol. The van der Waals surface area contributed by atoms with E-state index in [1.54, 1.807) is 60.5 Å². The van der Waals surface area contributed by atoms with Crippen molar-refractivity contribution in [1.82, 2.24) is 35.2 Å². The quantitative estimate of drug-likeness (QED) is 0.0283. The second-order valence-electron chi connectivity index (χ2n) is 22.1. The molecular formula is C57H77N11O10. The molecule has 4 fully saturated rings. The van der Waals surface area contributed by atoms with Gasteiger partial charge in [-0.05, 0) is 142 Å². The topological polar surface area (TPSA) is 233 Å². The number of phenols is 1. The first-order valence-corrected chi connectivity index (χ1v) is 27.4. The minimum atomic E-state index is -1.28. The highest BCUT2D eigenvalue weighted by Gasteiger charge is 2.53. The maximum atomic E-state index is 13.7. The van der Waals surface area contributed by atoms with Gasteiger partial charge in [0.25, 0.3) is 0 Å². The number of anilines is 4. The molecule has 1 saturated carbocycles. The van der Waals surface area contributed by atoms with E-state index in [2.05, 4.69) is 57.7 Å². The maximum Gasteiger partial charge on any atom is 0.413 e. The summed E-state index contributed by atoms with van der Waals surface area (Å²) in [5.41, 5.74) is 1.90. The molecular weight excluding hydrogens is 999 g/mol. The Hall–Kier alpha value is -7.26. The number of esters is 1. The molecule has 21 nitrogen and oxygen atoms in total. The number of fused-ring (bicyclic) bond motifs is 2. The van der Waals surface area contributed by atoms with Gasteiger partial charge in [-0.2, -0.15) is 0 Å². The molecule has 8 rings (SSSR count). The number of pyridine rings is 1. The number of nitrogens with zero attached hydrogens (tertiary/aromatic N) is 8. The van der Waals surface area contributed by atoms with Gasteiger partial charge >= 0.3 is 18.2 Å². The third-order valence-corrected chi connectivity index (χ3v) is 14.9. The molecule has 2 aromatic heterocycles. The van der Waals surface area contributed by atoms with Crippen molar-refractivity contribution >= 4 is 52.9 Å². The van der Waals surface area contributed by atoms with E-state index in [-0.39, 0.29) is 49.0 Å². The Labute approximate surface area is 457 Å². The molecule has 4 N–H and O–H groups in total. The molecule has 1 aliphatic carbocycles. The largest absolute Gasteiger partial charge is 0.507 e. The number of hydrogen-bond donors (Lipinski definition) is 4. The molecule has 21 heteroatoms. The fourth-order valence-corrected chi connectivity index (χ4v) is 10.6. The number of aromatic hydroxyl groups is 1. The highest BCUT2D eigenvalue weighted by atomic mass is 16.6. The molecule has 0 radical (unpaired) electrons. The standard InChI is InChI=1S/C57H77N11O10/c1-8-75-53(72)57(24-13-25-57)52(71)60-45(15-11-12-27-64(6)7)51(70)59-40-19-17-39(18-20-40)37-77-54(73)61-50-47(33-46(62-63-50)44-14-9-10-16-48(44)69)67-35-42-21-22-43(36-67)68(42)41-23-26-58-49(32-41)76-31-30-65-28-29-66(34-38(65)2)55(74)78-56(3,4)5/h9-10,14,16-20,23,26,32-33,38,42-43,45,69H,8,11-13,15,21-22,24-25,27-31,34-37H2,1-7H3,(H,59,70)(H,60,71)(H,61,63,73)/t38-,42?,43?,45+/m1/s1. The van der Waals surface area contributed by atoms with Gasteiger partial charge in [0, 0.05) is 86.6 Å². The lowest BCUT2D eigenvalue weighted by molar-refractivity contribution is -0.167. The number of aromatic nitrogens is 3. The molecule has 5 heterocycles. The van der Waals surface area contributed by atoms with Crippen molar-refractivity contribution in [3.8, 4) is 22.9 Å². The van der Waals surface area contributed by atoms with E-state index in [0.29, 0.717) is 99.1 Å². The van der Waals surface area contributed by atoms with Crippen molar-refractivity contribution in [3.05, 3.63) is 78.5 Å². The third-order valence-electron chi connectivity index (χ3n) is 14.9. The average Bonchev–Trinajstić information content (AvgIpc) is 3.76. The lowest BCUT2D eigenvalue weighted by atomic mass is 9.68. The van der Waals surface area contributed by atoms with E-state index >= 15 is 0 Å². The molecule has 420 valence electrons. The molecule has 4 aromatic rings. The first-order valence-electron chi connectivity index (χ1n) is 27.4. The van der Waals surface area contributed by atoms with Crippen LogP contribution in [0.5, 0.6) is 11.6 Å². The molecule has 3 aliphatic heterocycles. The van der Waals surface area contributed by atoms with Gasteiger partial charge in [-0.15, -0.1) is 10.2 Å². The van der Waals surface area contributed by atoms with E-state index in [1.807, 2.05) is 59.1 Å². The van der Waals surface area contributed by atoms with Crippen molar-refractivity contribution in [2.75, 3.05) is 93.6 Å². The van der Waals surface area contributed by atoms with E-state index in [9.17, 15) is 29.1 Å². The van der Waals surface area contributed by atoms with Crippen LogP contribution in [0, 0.1) is 5.41 Å². The lowest BCUT2D eigenvalue weighted by Crippen LogP contribution is -2.56. The van der Waals surface area contributed by atoms with Gasteiger partial charge < -0.3 is 54.3 Å². The lowest BCUT2D eigenvalue weighted by Gasteiger charge is -2.43. The summed E-state index contributed by atoms with van der Waals surface area (Å²) in [5.74, 6) is -0.650. The summed E-state index contributed by atoms with van der Waals surface area (Å²) in [5, 5.41) is 28.3. The predicted molar refractivity (Wildman–Crippen MR) is 295 cm³/mol. The van der Waals surface area contributed by atoms with Crippen LogP contribution in [0.15, 0.2) is 72.9 Å². The van der Waals surface area contributed by atoms with Crippen LogP contribution in [0.2, 0.25) is 0 Å². The summed E-state index contributed by atoms with van der Waals surface area (Å²) in [6.45, 7) is 14.6. The number of carbonyl (C=O) groups is 5. The molecule has 4 aliphatic rings. The average molecular weight is 1080 g/mol. The second-order valence-corrected chi connectivity index (χ2v) is 22.1. The van der Waals surface area contributed by atoms with Gasteiger partial charge in [0.1, 0.15) is 36.0 Å². The van der Waals surface area contributed by atoms with Crippen molar-refractivity contribution in [2.45, 2.75) is 122 Å². The summed E-state index contributed by atoms with van der Waals surface area (Å²) >= 11 is 0. The van der Waals surface area contributed by atoms with Crippen molar-refractivity contribution in [2.24, 2.45) is 5.41 Å². The number of unbranched alkanes of at least 4 members (excludes halogenated alkanes) is 1. The SMILES string of the molecule is CCOC(=O)C1(C(=O)N[C@@H](CCCCN(C)C)C(=O)Nc2ccc(COC(=O)Nc3nnc(-c4ccccc4O)cc3N3CC4CCC(C3)N4c3ccnc(OCCN4CCN(C(=O)OC(C)(C)C)C[C@H]4C)c3)cc2)CCC1. The highest BCUT2D eigenvalue weighted by Crippen LogP contribution is 2.43. The van der Waals surface area contributed by atoms with E-state index in [0.717, 1.165) is 44.5 Å². The zero-order valence-electron chi connectivity index (χ0n) is 46.2. The second kappa shape index (κ2) is 25.5. The normalized spacial score (nSPS) is 19.3. The van der Waals surface area contributed by atoms with Crippen LogP contribution in [-0.2, 0) is 35.2 Å². The van der Waals surface area contributed by atoms with E-state index in [4.69, 9.17) is 18.9 Å². The molecule has 0 spiro atoms. The Bertz CT molecular complexity index is 2720. The Morgan fingerprint density at radius 3 is 2.31 bits per heavy atom. The number of phenolic OH excluding ortho intramolecular Hbond substituents is 1. The van der Waals surface area contributed by atoms with Gasteiger partial charge in [-0.3, -0.25) is 24.6 Å². The van der Waals surface area contributed by atoms with Crippen LogP contribution in [0.25, 0.3) is 11.3 Å². The summed E-state index contributed by atoms with van der Waals surface area (Å²) < 4.78 is 22.8. The predicted octanol–water partition coefficient (Wildman–Crippen LogP) is 7.06. The maximum absolute atomic E-state index is 13.7. The Balaban J connectivity index is 0.879. The Kier molecular flexibility index (Phi) is 18.6. The van der Waals surface area contributed by atoms with Gasteiger partial charge in [0.2, 0.25) is 17.7 Å². The molecule has 2 aromatic carbocycles. The number of ether oxygens (including phenoxy) is 4. The Morgan fingerprint density at radius 2 is 1.64 bits per heavy atom. The number of hydrogen-bond acceptors (Lipinski definition) is 17. The summed E-state index contributed by atoms with van der Waals surface area (Å²) in [7, 11) is 3.95. The number of benzene rings is 2. The van der Waals surface area contributed by atoms with Crippen molar-refractivity contribution < 1.29 is 48.0 Å². The van der Waals surface area contributed by atoms with Gasteiger partial charge in [-0.1, -0.05) is 30.7 Å². The molecule has 4 atom stereocenters. The fourth-order valence-electron chi connectivity index (χ4n) is 10.6. The summed E-state index contributed by atoms with van der Waals surface area (Å²) in [4.78, 5) is 81.7. The fraction of sp³-hybridized carbons (Fsp3) is 0.544. The first-order chi connectivity index (χ1) is 37.4. The van der Waals surface area contributed by atoms with Crippen molar-refractivity contribution in [1.29, 1.82) is 0 Å². The van der Waals surface area contributed by atoms with Crippen LogP contribution in [-0.4, -0.2) is 168 Å². The zero-order chi connectivity index (χ0) is 55.6. The van der Waals surface area contributed by atoms with E-state index in [1.165, 1.54) is 0 Å². The number of carbonyl (C=O) groups excluding carboxylic acids is 5. The van der Waals surface area contributed by atoms with E-state index < -0.39 is 40.9 Å². The molecule has 78 heavy (non-hydrogen) atoms. The van der Waals surface area contributed by atoms with Crippen LogP contribution >= 0.6 is 0 Å². The summed E-state index contributed by atoms with van der Waals surface area (Å²) in [6, 6.07) is 19.1. The molecule has 2 bridgehead atoms.